The van der Waals surface area contributed by atoms with Crippen molar-refractivity contribution in [2.45, 2.75) is 19.4 Å². The standard InChI is InChI=1S/C11H16ClN3OS/c1-7(5-6-17-2)14-11(16)10-8(12)3-4-9(13)15-10/h3-4,7H,5-6H2,1-2H3,(H2,13,15)(H,14,16). The molecule has 6 heteroatoms. The van der Waals surface area contributed by atoms with Crippen LogP contribution in [0.5, 0.6) is 0 Å². The van der Waals surface area contributed by atoms with Crippen LogP contribution in [0.3, 0.4) is 0 Å². The Labute approximate surface area is 110 Å². The number of thioether (sulfide) groups is 1. The monoisotopic (exact) mass is 273 g/mol. The third kappa shape index (κ3) is 4.44. The van der Waals surface area contributed by atoms with E-state index in [2.05, 4.69) is 10.3 Å². The van der Waals surface area contributed by atoms with Crippen LogP contribution in [0.4, 0.5) is 5.82 Å². The highest BCUT2D eigenvalue weighted by Gasteiger charge is 2.14. The lowest BCUT2D eigenvalue weighted by atomic mass is 10.2. The first-order valence-corrected chi connectivity index (χ1v) is 7.03. The number of nitrogens with two attached hydrogens (primary N) is 1. The summed E-state index contributed by atoms with van der Waals surface area (Å²) in [5, 5.41) is 3.16. The van der Waals surface area contributed by atoms with Crippen molar-refractivity contribution >= 4 is 35.1 Å². The summed E-state index contributed by atoms with van der Waals surface area (Å²) in [5.74, 6) is 1.01. The van der Waals surface area contributed by atoms with Crippen molar-refractivity contribution in [3.05, 3.63) is 22.8 Å². The van der Waals surface area contributed by atoms with Gasteiger partial charge in [-0.15, -0.1) is 0 Å². The zero-order chi connectivity index (χ0) is 12.8. The Bertz CT molecular complexity index is 400. The summed E-state index contributed by atoms with van der Waals surface area (Å²) in [6, 6.07) is 3.23. The fourth-order valence-corrected chi connectivity index (χ4v) is 2.06. The molecule has 0 bridgehead atoms. The van der Waals surface area contributed by atoms with Crippen LogP contribution in [0.15, 0.2) is 12.1 Å². The molecular formula is C11H16ClN3OS. The number of pyridine rings is 1. The van der Waals surface area contributed by atoms with E-state index in [4.69, 9.17) is 17.3 Å². The van der Waals surface area contributed by atoms with Crippen LogP contribution in [0.25, 0.3) is 0 Å². The number of rotatable bonds is 5. The molecule has 1 amide bonds. The molecule has 1 heterocycles. The van der Waals surface area contributed by atoms with Gasteiger partial charge in [0.05, 0.1) is 5.02 Å². The van der Waals surface area contributed by atoms with Gasteiger partial charge in [-0.25, -0.2) is 4.98 Å². The lowest BCUT2D eigenvalue weighted by Gasteiger charge is -2.13. The van der Waals surface area contributed by atoms with Gasteiger partial charge in [-0.05, 0) is 37.5 Å². The van der Waals surface area contributed by atoms with Crippen LogP contribution in [0.2, 0.25) is 5.02 Å². The minimum Gasteiger partial charge on any atom is -0.384 e. The van der Waals surface area contributed by atoms with Gasteiger partial charge in [0.15, 0.2) is 0 Å². The summed E-state index contributed by atoms with van der Waals surface area (Å²) in [6.07, 6.45) is 2.94. The van der Waals surface area contributed by atoms with Crippen molar-refractivity contribution in [2.75, 3.05) is 17.7 Å². The predicted octanol–water partition coefficient (Wildman–Crippen LogP) is 2.19. The summed E-state index contributed by atoms with van der Waals surface area (Å²) >= 11 is 7.64. The third-order valence-corrected chi connectivity index (χ3v) is 3.16. The molecule has 0 aliphatic carbocycles. The van der Waals surface area contributed by atoms with Crippen LogP contribution >= 0.6 is 23.4 Å². The highest BCUT2D eigenvalue weighted by atomic mass is 35.5. The van der Waals surface area contributed by atoms with Crippen molar-refractivity contribution < 1.29 is 4.79 Å². The van der Waals surface area contributed by atoms with Gasteiger partial charge >= 0.3 is 0 Å². The van der Waals surface area contributed by atoms with Gasteiger partial charge in [0, 0.05) is 6.04 Å². The molecule has 4 nitrogen and oxygen atoms in total. The number of nitrogen functional groups attached to an aromatic ring is 1. The molecule has 1 unspecified atom stereocenters. The number of hydrogen-bond donors (Lipinski definition) is 2. The van der Waals surface area contributed by atoms with Crippen LogP contribution in [0, 0.1) is 0 Å². The molecule has 0 spiro atoms. The quantitative estimate of drug-likeness (QED) is 0.863. The molecule has 0 aliphatic heterocycles. The normalized spacial score (nSPS) is 12.2. The van der Waals surface area contributed by atoms with Gasteiger partial charge in [-0.2, -0.15) is 11.8 Å². The summed E-state index contributed by atoms with van der Waals surface area (Å²) in [4.78, 5) is 15.8. The fourth-order valence-electron chi connectivity index (χ4n) is 1.28. The first kappa shape index (κ1) is 14.1. The molecule has 1 aromatic rings. The molecule has 0 saturated carbocycles. The van der Waals surface area contributed by atoms with Crippen LogP contribution in [-0.4, -0.2) is 28.9 Å². The lowest BCUT2D eigenvalue weighted by Crippen LogP contribution is -2.33. The van der Waals surface area contributed by atoms with Gasteiger partial charge in [0.2, 0.25) is 0 Å². The van der Waals surface area contributed by atoms with Crippen molar-refractivity contribution in [2.24, 2.45) is 0 Å². The number of aromatic nitrogens is 1. The summed E-state index contributed by atoms with van der Waals surface area (Å²) in [7, 11) is 0. The molecule has 94 valence electrons. The summed E-state index contributed by atoms with van der Waals surface area (Å²) in [5.41, 5.74) is 5.71. The molecular weight excluding hydrogens is 258 g/mol. The van der Waals surface area contributed by atoms with E-state index in [0.29, 0.717) is 5.02 Å². The number of carbonyl (C=O) groups excluding carboxylic acids is 1. The van der Waals surface area contributed by atoms with Crippen molar-refractivity contribution in [1.82, 2.24) is 10.3 Å². The number of nitrogens with one attached hydrogen (secondary N) is 1. The van der Waals surface area contributed by atoms with Gasteiger partial charge in [-0.3, -0.25) is 4.79 Å². The van der Waals surface area contributed by atoms with Crippen LogP contribution in [-0.2, 0) is 0 Å². The van der Waals surface area contributed by atoms with E-state index in [-0.39, 0.29) is 23.5 Å². The van der Waals surface area contributed by atoms with E-state index in [0.717, 1.165) is 12.2 Å². The van der Waals surface area contributed by atoms with Crippen molar-refractivity contribution in [1.29, 1.82) is 0 Å². The fraction of sp³-hybridized carbons (Fsp3) is 0.455. The lowest BCUT2D eigenvalue weighted by molar-refractivity contribution is 0.0935. The van der Waals surface area contributed by atoms with Crippen LogP contribution < -0.4 is 11.1 Å². The summed E-state index contributed by atoms with van der Waals surface area (Å²) in [6.45, 7) is 1.95. The van der Waals surface area contributed by atoms with Gasteiger partial charge in [-0.1, -0.05) is 11.6 Å². The Balaban J connectivity index is 2.66. The topological polar surface area (TPSA) is 68.0 Å². The first-order valence-electron chi connectivity index (χ1n) is 5.26. The first-order chi connectivity index (χ1) is 8.04. The largest absolute Gasteiger partial charge is 0.384 e. The maximum absolute atomic E-state index is 11.9. The average Bonchev–Trinajstić information content (AvgIpc) is 2.29. The second-order valence-electron chi connectivity index (χ2n) is 3.72. The molecule has 1 atom stereocenters. The average molecular weight is 274 g/mol. The Morgan fingerprint density at radius 2 is 2.35 bits per heavy atom. The zero-order valence-corrected chi connectivity index (χ0v) is 11.4. The molecule has 1 rings (SSSR count). The van der Waals surface area contributed by atoms with Gasteiger partial charge in [0.25, 0.3) is 5.91 Å². The zero-order valence-electron chi connectivity index (χ0n) is 9.87. The minimum atomic E-state index is -0.282. The molecule has 0 fully saturated rings. The molecule has 1 aromatic heterocycles. The highest BCUT2D eigenvalue weighted by Crippen LogP contribution is 2.15. The molecule has 17 heavy (non-hydrogen) atoms. The Morgan fingerprint density at radius 1 is 1.65 bits per heavy atom. The van der Waals surface area contributed by atoms with Crippen molar-refractivity contribution in [3.63, 3.8) is 0 Å². The Hall–Kier alpha value is -0.940. The van der Waals surface area contributed by atoms with Crippen molar-refractivity contribution in [3.8, 4) is 0 Å². The summed E-state index contributed by atoms with van der Waals surface area (Å²) < 4.78 is 0. The molecule has 3 N–H and O–H groups in total. The number of amides is 1. The second kappa shape index (κ2) is 6.71. The van der Waals surface area contributed by atoms with E-state index >= 15 is 0 Å². The molecule has 0 radical (unpaired) electrons. The number of carbonyl (C=O) groups is 1. The maximum atomic E-state index is 11.9. The smallest absolute Gasteiger partial charge is 0.271 e. The minimum absolute atomic E-state index is 0.0919. The molecule has 0 saturated heterocycles. The van der Waals surface area contributed by atoms with Gasteiger partial charge < -0.3 is 11.1 Å². The Morgan fingerprint density at radius 3 is 3.00 bits per heavy atom. The van der Waals surface area contributed by atoms with E-state index in [1.54, 1.807) is 23.9 Å². The highest BCUT2D eigenvalue weighted by molar-refractivity contribution is 7.98. The Kier molecular flexibility index (Phi) is 5.58. The van der Waals surface area contributed by atoms with E-state index in [9.17, 15) is 4.79 Å². The van der Waals surface area contributed by atoms with E-state index < -0.39 is 0 Å². The SMILES string of the molecule is CSCCC(C)NC(=O)c1nc(N)ccc1Cl. The van der Waals surface area contributed by atoms with E-state index in [1.807, 2.05) is 13.2 Å². The number of anilines is 1. The second-order valence-corrected chi connectivity index (χ2v) is 5.12. The maximum Gasteiger partial charge on any atom is 0.271 e. The van der Waals surface area contributed by atoms with Crippen LogP contribution in [0.1, 0.15) is 23.8 Å². The predicted molar refractivity (Wildman–Crippen MR) is 73.6 cm³/mol. The molecule has 0 aromatic carbocycles. The third-order valence-electron chi connectivity index (χ3n) is 2.22. The number of hydrogen-bond acceptors (Lipinski definition) is 4. The number of nitrogens with zero attached hydrogens (tertiary/aromatic N) is 1. The van der Waals surface area contributed by atoms with Gasteiger partial charge in [0.1, 0.15) is 11.5 Å². The number of halogens is 1. The molecule has 0 aliphatic rings. The van der Waals surface area contributed by atoms with E-state index in [1.165, 1.54) is 0 Å².